The van der Waals surface area contributed by atoms with E-state index in [0.717, 1.165) is 24.3 Å². The van der Waals surface area contributed by atoms with Crippen molar-refractivity contribution in [3.8, 4) is 0 Å². The minimum absolute atomic E-state index is 0.0117. The van der Waals surface area contributed by atoms with Crippen LogP contribution in [0.3, 0.4) is 0 Å². The molecule has 9 heteroatoms. The Kier molecular flexibility index (Phi) is 5.76. The summed E-state index contributed by atoms with van der Waals surface area (Å²) in [4.78, 5) is 11.7. The Labute approximate surface area is 143 Å². The van der Waals surface area contributed by atoms with E-state index in [4.69, 9.17) is 16.7 Å². The van der Waals surface area contributed by atoms with Gasteiger partial charge in [-0.15, -0.1) is 0 Å². The molecule has 0 heterocycles. The van der Waals surface area contributed by atoms with E-state index in [1.165, 1.54) is 18.2 Å². The van der Waals surface area contributed by atoms with Crippen LogP contribution in [0.5, 0.6) is 0 Å². The Balaban J connectivity index is 2.28. The highest BCUT2D eigenvalue weighted by Crippen LogP contribution is 2.26. The molecule has 0 aliphatic carbocycles. The lowest BCUT2D eigenvalue weighted by Crippen LogP contribution is -2.26. The van der Waals surface area contributed by atoms with Gasteiger partial charge in [0.1, 0.15) is 5.82 Å². The predicted octanol–water partition coefficient (Wildman–Crippen LogP) is 2.00. The smallest absolute Gasteiger partial charge is 0.261 e. The summed E-state index contributed by atoms with van der Waals surface area (Å²) < 4.78 is 39.8. The summed E-state index contributed by atoms with van der Waals surface area (Å²) in [5.41, 5.74) is 0.183. The number of carbonyl (C=O) groups excluding carboxylic acids is 1. The molecule has 1 amide bonds. The van der Waals surface area contributed by atoms with Crippen LogP contribution in [0.4, 0.5) is 10.1 Å². The average molecular weight is 373 g/mol. The number of carbonyl (C=O) groups is 1. The molecule has 2 aromatic carbocycles. The van der Waals surface area contributed by atoms with E-state index in [1.54, 1.807) is 0 Å². The minimum Gasteiger partial charge on any atom is -0.395 e. The van der Waals surface area contributed by atoms with Crippen LogP contribution in [0.2, 0.25) is 5.02 Å². The van der Waals surface area contributed by atoms with Gasteiger partial charge in [-0.05, 0) is 42.5 Å². The maximum absolute atomic E-state index is 12.9. The van der Waals surface area contributed by atoms with Crippen LogP contribution < -0.4 is 10.0 Å². The van der Waals surface area contributed by atoms with Crippen LogP contribution in [0, 0.1) is 5.82 Å². The number of benzene rings is 2. The molecule has 0 fully saturated rings. The monoisotopic (exact) mass is 372 g/mol. The van der Waals surface area contributed by atoms with Crippen molar-refractivity contribution >= 4 is 33.2 Å². The van der Waals surface area contributed by atoms with E-state index in [-0.39, 0.29) is 34.3 Å². The summed E-state index contributed by atoms with van der Waals surface area (Å²) in [5.74, 6) is -1.04. The van der Waals surface area contributed by atoms with Gasteiger partial charge in [0.05, 0.1) is 22.2 Å². The third-order valence-corrected chi connectivity index (χ3v) is 4.71. The van der Waals surface area contributed by atoms with E-state index in [0.29, 0.717) is 0 Å². The number of hydrogen-bond acceptors (Lipinski definition) is 4. The normalized spacial score (nSPS) is 11.1. The Hall–Kier alpha value is -2.16. The highest BCUT2D eigenvalue weighted by Gasteiger charge is 2.17. The Bertz CT molecular complexity index is 841. The van der Waals surface area contributed by atoms with Gasteiger partial charge in [0.25, 0.3) is 15.9 Å². The Morgan fingerprint density at radius 1 is 1.17 bits per heavy atom. The summed E-state index contributed by atoms with van der Waals surface area (Å²) in [6, 6.07) is 8.34. The van der Waals surface area contributed by atoms with Gasteiger partial charge in [0, 0.05) is 12.1 Å². The third kappa shape index (κ3) is 4.44. The van der Waals surface area contributed by atoms with E-state index in [1.807, 2.05) is 0 Å². The minimum atomic E-state index is -3.98. The summed E-state index contributed by atoms with van der Waals surface area (Å²) in [5, 5.41) is 11.2. The van der Waals surface area contributed by atoms with Gasteiger partial charge in [-0.3, -0.25) is 9.52 Å². The van der Waals surface area contributed by atoms with Gasteiger partial charge in [0.15, 0.2) is 0 Å². The van der Waals surface area contributed by atoms with Gasteiger partial charge >= 0.3 is 0 Å². The predicted molar refractivity (Wildman–Crippen MR) is 88.1 cm³/mol. The van der Waals surface area contributed by atoms with Crippen molar-refractivity contribution < 1.29 is 22.7 Å². The maximum atomic E-state index is 12.9. The lowest BCUT2D eigenvalue weighted by atomic mass is 10.2. The molecular weight excluding hydrogens is 359 g/mol. The molecule has 24 heavy (non-hydrogen) atoms. The zero-order valence-electron chi connectivity index (χ0n) is 12.3. The van der Waals surface area contributed by atoms with Gasteiger partial charge in [-0.1, -0.05) is 11.6 Å². The molecule has 0 unspecified atom stereocenters. The quantitative estimate of drug-likeness (QED) is 0.722. The van der Waals surface area contributed by atoms with E-state index >= 15 is 0 Å². The van der Waals surface area contributed by atoms with Gasteiger partial charge in [-0.25, -0.2) is 12.8 Å². The number of amides is 1. The summed E-state index contributed by atoms with van der Waals surface area (Å²) in [6.45, 7) is -0.151. The molecule has 0 radical (unpaired) electrons. The first-order valence-corrected chi connectivity index (χ1v) is 8.66. The van der Waals surface area contributed by atoms with Crippen LogP contribution >= 0.6 is 11.6 Å². The van der Waals surface area contributed by atoms with Crippen molar-refractivity contribution in [1.82, 2.24) is 5.32 Å². The Morgan fingerprint density at radius 2 is 1.83 bits per heavy atom. The summed E-state index contributed by atoms with van der Waals surface area (Å²) >= 11 is 5.97. The van der Waals surface area contributed by atoms with Crippen molar-refractivity contribution in [3.05, 3.63) is 58.9 Å². The van der Waals surface area contributed by atoms with E-state index in [2.05, 4.69) is 10.0 Å². The second-order valence-electron chi connectivity index (χ2n) is 4.73. The molecule has 3 N–H and O–H groups in total. The van der Waals surface area contributed by atoms with E-state index < -0.39 is 21.7 Å². The number of rotatable bonds is 6. The lowest BCUT2D eigenvalue weighted by Gasteiger charge is -2.11. The molecule has 0 aromatic heterocycles. The fourth-order valence-corrected chi connectivity index (χ4v) is 3.13. The maximum Gasteiger partial charge on any atom is 0.261 e. The second-order valence-corrected chi connectivity index (χ2v) is 6.82. The zero-order chi connectivity index (χ0) is 17.7. The number of nitrogens with one attached hydrogen (secondary N) is 2. The summed E-state index contributed by atoms with van der Waals surface area (Å²) in [6.07, 6.45) is 0. The van der Waals surface area contributed by atoms with Crippen LogP contribution in [-0.2, 0) is 10.0 Å². The molecule has 0 spiro atoms. The molecule has 0 aliphatic rings. The van der Waals surface area contributed by atoms with Gasteiger partial charge in [-0.2, -0.15) is 0 Å². The number of hydrogen-bond donors (Lipinski definition) is 3. The average Bonchev–Trinajstić information content (AvgIpc) is 2.55. The highest BCUT2D eigenvalue weighted by molar-refractivity contribution is 7.92. The molecule has 0 saturated carbocycles. The van der Waals surface area contributed by atoms with Crippen LogP contribution in [-0.4, -0.2) is 32.6 Å². The first-order valence-electron chi connectivity index (χ1n) is 6.80. The molecule has 2 rings (SSSR count). The first-order chi connectivity index (χ1) is 11.3. The molecule has 128 valence electrons. The fourth-order valence-electron chi connectivity index (χ4n) is 1.83. The van der Waals surface area contributed by atoms with Crippen molar-refractivity contribution in [3.63, 3.8) is 0 Å². The molecular formula is C15H14ClFN2O4S. The zero-order valence-corrected chi connectivity index (χ0v) is 13.9. The topological polar surface area (TPSA) is 95.5 Å². The second kappa shape index (κ2) is 7.61. The van der Waals surface area contributed by atoms with Gasteiger partial charge in [0.2, 0.25) is 0 Å². The van der Waals surface area contributed by atoms with E-state index in [9.17, 15) is 17.6 Å². The molecule has 6 nitrogen and oxygen atoms in total. The van der Waals surface area contributed by atoms with Crippen molar-refractivity contribution in [1.29, 1.82) is 0 Å². The lowest BCUT2D eigenvalue weighted by molar-refractivity contribution is 0.0945. The molecule has 0 saturated heterocycles. The molecule has 2 aromatic rings. The Morgan fingerprint density at radius 3 is 2.46 bits per heavy atom. The number of anilines is 1. The number of halogens is 2. The number of aliphatic hydroxyl groups is 1. The number of aliphatic hydroxyl groups excluding tert-OH is 1. The van der Waals surface area contributed by atoms with Crippen molar-refractivity contribution in [2.24, 2.45) is 0 Å². The molecule has 0 bridgehead atoms. The summed E-state index contributed by atoms with van der Waals surface area (Å²) in [7, 11) is -3.98. The van der Waals surface area contributed by atoms with Crippen molar-refractivity contribution in [2.75, 3.05) is 17.9 Å². The highest BCUT2D eigenvalue weighted by atomic mass is 35.5. The van der Waals surface area contributed by atoms with Gasteiger partial charge < -0.3 is 10.4 Å². The van der Waals surface area contributed by atoms with Crippen LogP contribution in [0.15, 0.2) is 47.4 Å². The molecule has 0 atom stereocenters. The SMILES string of the molecule is O=C(NCCO)c1ccc(Cl)c(NS(=O)(=O)c2ccc(F)cc2)c1. The van der Waals surface area contributed by atoms with Crippen molar-refractivity contribution in [2.45, 2.75) is 4.90 Å². The molecule has 0 aliphatic heterocycles. The van der Waals surface area contributed by atoms with Crippen LogP contribution in [0.25, 0.3) is 0 Å². The fraction of sp³-hybridized carbons (Fsp3) is 0.133. The third-order valence-electron chi connectivity index (χ3n) is 2.99. The first kappa shape index (κ1) is 18.2. The van der Waals surface area contributed by atoms with Crippen LogP contribution in [0.1, 0.15) is 10.4 Å². The number of sulfonamides is 1. The standard InChI is InChI=1S/C15H14ClFN2O4S/c16-13-6-1-10(15(21)18-7-8-20)9-14(13)19-24(22,23)12-4-2-11(17)3-5-12/h1-6,9,19-20H,7-8H2,(H,18,21). The largest absolute Gasteiger partial charge is 0.395 e.